The Bertz CT molecular complexity index is 626. The quantitative estimate of drug-likeness (QED) is 0.852. The van der Waals surface area contributed by atoms with E-state index < -0.39 is 0 Å². The van der Waals surface area contributed by atoms with Crippen molar-refractivity contribution in [3.05, 3.63) is 38.5 Å². The third-order valence-electron chi connectivity index (χ3n) is 3.40. The van der Waals surface area contributed by atoms with Crippen LogP contribution in [-0.4, -0.2) is 9.78 Å². The Balaban J connectivity index is 2.23. The fourth-order valence-corrected chi connectivity index (χ4v) is 3.53. The standard InChI is InChI=1S/C13H12Cl3N3/c14-7-5-9(15)12(10(16)6-7)19-11-4-2-1-3-8(11)13(17)18-19/h5-6H,1-4H2,(H2,17,18). The van der Waals surface area contributed by atoms with Gasteiger partial charge in [-0.2, -0.15) is 5.10 Å². The number of aromatic nitrogens is 2. The molecule has 0 atom stereocenters. The maximum Gasteiger partial charge on any atom is 0.149 e. The van der Waals surface area contributed by atoms with E-state index in [-0.39, 0.29) is 0 Å². The second kappa shape index (κ2) is 4.89. The summed E-state index contributed by atoms with van der Waals surface area (Å²) in [5.41, 5.74) is 8.87. The summed E-state index contributed by atoms with van der Waals surface area (Å²) in [6.07, 6.45) is 4.17. The van der Waals surface area contributed by atoms with Crippen LogP contribution in [0.5, 0.6) is 0 Å². The van der Waals surface area contributed by atoms with Crippen LogP contribution >= 0.6 is 34.8 Å². The van der Waals surface area contributed by atoms with Crippen LogP contribution < -0.4 is 5.73 Å². The number of fused-ring (bicyclic) bond motifs is 1. The Kier molecular flexibility index (Phi) is 3.37. The van der Waals surface area contributed by atoms with Crippen LogP contribution in [-0.2, 0) is 12.8 Å². The van der Waals surface area contributed by atoms with E-state index in [1.54, 1.807) is 16.8 Å². The normalized spacial score (nSPS) is 14.5. The lowest BCUT2D eigenvalue weighted by atomic mass is 9.97. The van der Waals surface area contributed by atoms with Gasteiger partial charge in [-0.05, 0) is 37.8 Å². The van der Waals surface area contributed by atoms with Gasteiger partial charge in [-0.25, -0.2) is 4.68 Å². The second-order valence-electron chi connectivity index (χ2n) is 4.65. The fourth-order valence-electron chi connectivity index (χ4n) is 2.55. The van der Waals surface area contributed by atoms with Crippen LogP contribution in [0.1, 0.15) is 24.1 Å². The van der Waals surface area contributed by atoms with Gasteiger partial charge >= 0.3 is 0 Å². The number of rotatable bonds is 1. The van der Waals surface area contributed by atoms with Gasteiger partial charge in [-0.1, -0.05) is 34.8 Å². The average molecular weight is 317 g/mol. The molecular weight excluding hydrogens is 305 g/mol. The molecule has 0 amide bonds. The summed E-state index contributed by atoms with van der Waals surface area (Å²) in [6.45, 7) is 0. The number of anilines is 1. The molecule has 2 aromatic rings. The third kappa shape index (κ3) is 2.20. The van der Waals surface area contributed by atoms with Crippen LogP contribution in [0.4, 0.5) is 5.82 Å². The Labute approximate surface area is 126 Å². The lowest BCUT2D eigenvalue weighted by Crippen LogP contribution is -2.08. The molecule has 2 N–H and O–H groups in total. The molecule has 0 unspecified atom stereocenters. The van der Waals surface area contributed by atoms with Crippen molar-refractivity contribution in [3.8, 4) is 5.69 Å². The van der Waals surface area contributed by atoms with E-state index in [0.717, 1.165) is 36.9 Å². The van der Waals surface area contributed by atoms with Crippen LogP contribution in [0.3, 0.4) is 0 Å². The van der Waals surface area contributed by atoms with Gasteiger partial charge < -0.3 is 5.73 Å². The molecule has 0 saturated carbocycles. The van der Waals surface area contributed by atoms with E-state index >= 15 is 0 Å². The van der Waals surface area contributed by atoms with Gasteiger partial charge in [-0.3, -0.25) is 0 Å². The van der Waals surface area contributed by atoms with Crippen molar-refractivity contribution in [2.75, 3.05) is 5.73 Å². The molecule has 100 valence electrons. The number of hydrogen-bond acceptors (Lipinski definition) is 2. The summed E-state index contributed by atoms with van der Waals surface area (Å²) in [7, 11) is 0. The maximum atomic E-state index is 6.25. The summed E-state index contributed by atoms with van der Waals surface area (Å²) in [4.78, 5) is 0. The third-order valence-corrected chi connectivity index (χ3v) is 4.20. The van der Waals surface area contributed by atoms with Crippen LogP contribution in [0.2, 0.25) is 15.1 Å². The molecular formula is C13H12Cl3N3. The SMILES string of the molecule is Nc1nn(-c2c(Cl)cc(Cl)cc2Cl)c2c1CCCC2. The van der Waals surface area contributed by atoms with Gasteiger partial charge in [0.25, 0.3) is 0 Å². The first-order chi connectivity index (χ1) is 9.08. The zero-order chi connectivity index (χ0) is 13.6. The minimum atomic E-state index is 0.480. The molecule has 1 heterocycles. The van der Waals surface area contributed by atoms with E-state index in [1.807, 2.05) is 0 Å². The monoisotopic (exact) mass is 315 g/mol. The van der Waals surface area contributed by atoms with Gasteiger partial charge in [0.1, 0.15) is 11.5 Å². The Hall–Kier alpha value is -0.900. The molecule has 1 aromatic heterocycles. The van der Waals surface area contributed by atoms with Gasteiger partial charge in [-0.15, -0.1) is 0 Å². The molecule has 3 nitrogen and oxygen atoms in total. The number of nitrogen functional groups attached to an aromatic ring is 1. The van der Waals surface area contributed by atoms with E-state index in [2.05, 4.69) is 5.10 Å². The highest BCUT2D eigenvalue weighted by Gasteiger charge is 2.22. The molecule has 1 aliphatic rings. The first kappa shape index (κ1) is 13.1. The zero-order valence-corrected chi connectivity index (χ0v) is 12.4. The molecule has 0 bridgehead atoms. The van der Waals surface area contributed by atoms with Crippen LogP contribution in [0.25, 0.3) is 5.69 Å². The fraction of sp³-hybridized carbons (Fsp3) is 0.308. The minimum absolute atomic E-state index is 0.480. The van der Waals surface area contributed by atoms with Crippen molar-refractivity contribution in [1.82, 2.24) is 9.78 Å². The maximum absolute atomic E-state index is 6.25. The molecule has 1 aliphatic carbocycles. The summed E-state index contributed by atoms with van der Waals surface area (Å²) in [6, 6.07) is 3.33. The highest BCUT2D eigenvalue weighted by Crippen LogP contribution is 2.36. The molecule has 0 radical (unpaired) electrons. The van der Waals surface area contributed by atoms with Crippen molar-refractivity contribution in [1.29, 1.82) is 0 Å². The molecule has 3 rings (SSSR count). The van der Waals surface area contributed by atoms with Gasteiger partial charge in [0, 0.05) is 16.3 Å². The van der Waals surface area contributed by atoms with Gasteiger partial charge in [0.15, 0.2) is 0 Å². The number of hydrogen-bond donors (Lipinski definition) is 1. The van der Waals surface area contributed by atoms with Gasteiger partial charge in [0.2, 0.25) is 0 Å². The van der Waals surface area contributed by atoms with Gasteiger partial charge in [0.05, 0.1) is 10.0 Å². The Morgan fingerprint density at radius 1 is 1.05 bits per heavy atom. The minimum Gasteiger partial charge on any atom is -0.382 e. The molecule has 1 aromatic carbocycles. The second-order valence-corrected chi connectivity index (χ2v) is 5.90. The molecule has 0 spiro atoms. The summed E-state index contributed by atoms with van der Waals surface area (Å²) >= 11 is 18.4. The lowest BCUT2D eigenvalue weighted by molar-refractivity contribution is 0.653. The predicted molar refractivity (Wildman–Crippen MR) is 79.6 cm³/mol. The predicted octanol–water partition coefficient (Wildman–Crippen LogP) is 4.29. The van der Waals surface area contributed by atoms with Crippen LogP contribution in [0, 0.1) is 0 Å². The number of nitrogens with two attached hydrogens (primary N) is 1. The Morgan fingerprint density at radius 2 is 1.68 bits per heavy atom. The van der Waals surface area contributed by atoms with Crippen LogP contribution in [0.15, 0.2) is 12.1 Å². The first-order valence-corrected chi connectivity index (χ1v) is 7.22. The number of halogens is 3. The molecule has 0 aliphatic heterocycles. The first-order valence-electron chi connectivity index (χ1n) is 6.09. The highest BCUT2D eigenvalue weighted by molar-refractivity contribution is 6.40. The van der Waals surface area contributed by atoms with E-state index in [4.69, 9.17) is 40.5 Å². The van der Waals surface area contributed by atoms with Crippen molar-refractivity contribution in [3.63, 3.8) is 0 Å². The lowest BCUT2D eigenvalue weighted by Gasteiger charge is -2.15. The number of benzene rings is 1. The highest BCUT2D eigenvalue weighted by atomic mass is 35.5. The molecule has 0 saturated heterocycles. The summed E-state index contributed by atoms with van der Waals surface area (Å²) in [5.74, 6) is 0.566. The smallest absolute Gasteiger partial charge is 0.149 e. The van der Waals surface area contributed by atoms with Crippen molar-refractivity contribution in [2.45, 2.75) is 25.7 Å². The van der Waals surface area contributed by atoms with Crippen molar-refractivity contribution < 1.29 is 0 Å². The number of nitrogens with zero attached hydrogens (tertiary/aromatic N) is 2. The summed E-state index contributed by atoms with van der Waals surface area (Å²) in [5, 5.41) is 5.86. The topological polar surface area (TPSA) is 43.8 Å². The zero-order valence-electron chi connectivity index (χ0n) is 10.1. The average Bonchev–Trinajstić information content (AvgIpc) is 2.67. The largest absolute Gasteiger partial charge is 0.382 e. The Morgan fingerprint density at radius 3 is 2.37 bits per heavy atom. The molecule has 0 fully saturated rings. The van der Waals surface area contributed by atoms with E-state index in [9.17, 15) is 0 Å². The molecule has 6 heteroatoms. The summed E-state index contributed by atoms with van der Waals surface area (Å²) < 4.78 is 1.77. The molecule has 19 heavy (non-hydrogen) atoms. The van der Waals surface area contributed by atoms with E-state index in [0.29, 0.717) is 26.6 Å². The van der Waals surface area contributed by atoms with Crippen molar-refractivity contribution >= 4 is 40.6 Å². The van der Waals surface area contributed by atoms with Crippen molar-refractivity contribution in [2.24, 2.45) is 0 Å². The van der Waals surface area contributed by atoms with E-state index in [1.165, 1.54) is 0 Å².